The van der Waals surface area contributed by atoms with Gasteiger partial charge < -0.3 is 11.1 Å². The van der Waals surface area contributed by atoms with E-state index in [1.54, 1.807) is 0 Å². The lowest BCUT2D eigenvalue weighted by molar-refractivity contribution is -0.121. The first-order chi connectivity index (χ1) is 8.58. The molecule has 1 fully saturated rings. The zero-order chi connectivity index (χ0) is 13.4. The first-order valence-corrected chi connectivity index (χ1v) is 7.60. The van der Waals surface area contributed by atoms with Gasteiger partial charge in [-0.05, 0) is 44.4 Å². The molecule has 0 bridgehead atoms. The van der Waals surface area contributed by atoms with Crippen molar-refractivity contribution in [2.75, 3.05) is 6.54 Å². The number of carbonyl (C=O) groups excluding carboxylic acids is 1. The molecule has 1 amide bonds. The lowest BCUT2D eigenvalue weighted by atomic mass is 9.81. The summed E-state index contributed by atoms with van der Waals surface area (Å²) in [7, 11) is 0. The molecular formula is C15H30N2O. The molecule has 0 heterocycles. The first-order valence-electron chi connectivity index (χ1n) is 7.60. The van der Waals surface area contributed by atoms with Crippen LogP contribution < -0.4 is 11.1 Å². The molecule has 0 aliphatic heterocycles. The fourth-order valence-electron chi connectivity index (χ4n) is 2.91. The van der Waals surface area contributed by atoms with Crippen molar-refractivity contribution in [3.8, 4) is 0 Å². The second-order valence-electron chi connectivity index (χ2n) is 6.15. The Labute approximate surface area is 112 Å². The number of carbonyl (C=O) groups is 1. The van der Waals surface area contributed by atoms with E-state index in [9.17, 15) is 4.79 Å². The minimum absolute atomic E-state index is 0.194. The highest BCUT2D eigenvalue weighted by Crippen LogP contribution is 2.30. The van der Waals surface area contributed by atoms with E-state index in [1.165, 1.54) is 25.7 Å². The summed E-state index contributed by atoms with van der Waals surface area (Å²) >= 11 is 0. The second-order valence-corrected chi connectivity index (χ2v) is 6.15. The molecular weight excluding hydrogens is 224 g/mol. The molecule has 3 unspecified atom stereocenters. The van der Waals surface area contributed by atoms with Crippen molar-refractivity contribution in [3.05, 3.63) is 0 Å². The third-order valence-corrected chi connectivity index (χ3v) is 3.98. The number of hydrogen-bond acceptors (Lipinski definition) is 2. The molecule has 0 saturated heterocycles. The Morgan fingerprint density at radius 3 is 2.89 bits per heavy atom. The van der Waals surface area contributed by atoms with Crippen molar-refractivity contribution < 1.29 is 4.79 Å². The van der Waals surface area contributed by atoms with Gasteiger partial charge >= 0.3 is 0 Å². The zero-order valence-electron chi connectivity index (χ0n) is 12.1. The van der Waals surface area contributed by atoms with Crippen LogP contribution in [0.5, 0.6) is 0 Å². The maximum Gasteiger partial charge on any atom is 0.219 e. The van der Waals surface area contributed by atoms with Crippen molar-refractivity contribution in [1.82, 2.24) is 5.32 Å². The predicted octanol–water partition coefficient (Wildman–Crippen LogP) is 2.84. The van der Waals surface area contributed by atoms with Gasteiger partial charge in [-0.15, -0.1) is 0 Å². The van der Waals surface area contributed by atoms with E-state index in [2.05, 4.69) is 12.2 Å². The standard InChI is InChI=1S/C15H30N2O/c1-12-5-3-7-14(11-12)9-10-17-15(18)8-4-6-13(2)16/h12-14H,3-11,16H2,1-2H3,(H,17,18). The van der Waals surface area contributed by atoms with E-state index in [1.807, 2.05) is 6.92 Å². The minimum Gasteiger partial charge on any atom is -0.356 e. The average Bonchev–Trinajstić information content (AvgIpc) is 2.28. The zero-order valence-corrected chi connectivity index (χ0v) is 12.1. The molecule has 106 valence electrons. The molecule has 1 saturated carbocycles. The van der Waals surface area contributed by atoms with Crippen LogP contribution in [-0.4, -0.2) is 18.5 Å². The Morgan fingerprint density at radius 1 is 1.44 bits per heavy atom. The van der Waals surface area contributed by atoms with Gasteiger partial charge in [0.05, 0.1) is 0 Å². The van der Waals surface area contributed by atoms with Gasteiger partial charge in [-0.25, -0.2) is 0 Å². The number of nitrogens with two attached hydrogens (primary N) is 1. The third-order valence-electron chi connectivity index (χ3n) is 3.98. The van der Waals surface area contributed by atoms with Crippen LogP contribution in [0.1, 0.15) is 65.2 Å². The summed E-state index contributed by atoms with van der Waals surface area (Å²) in [5.74, 6) is 1.91. The first kappa shape index (κ1) is 15.5. The average molecular weight is 254 g/mol. The summed E-state index contributed by atoms with van der Waals surface area (Å²) in [5.41, 5.74) is 5.66. The maximum atomic E-state index is 11.6. The molecule has 0 radical (unpaired) electrons. The predicted molar refractivity (Wildman–Crippen MR) is 76.2 cm³/mol. The van der Waals surface area contributed by atoms with E-state index in [-0.39, 0.29) is 11.9 Å². The van der Waals surface area contributed by atoms with E-state index >= 15 is 0 Å². The van der Waals surface area contributed by atoms with Crippen LogP contribution in [0.25, 0.3) is 0 Å². The summed E-state index contributed by atoms with van der Waals surface area (Å²) in [6.45, 7) is 5.19. The van der Waals surface area contributed by atoms with E-state index in [4.69, 9.17) is 5.73 Å². The van der Waals surface area contributed by atoms with E-state index in [0.29, 0.717) is 6.42 Å². The third kappa shape index (κ3) is 7.00. The van der Waals surface area contributed by atoms with Crippen LogP contribution in [0.15, 0.2) is 0 Å². The Bertz CT molecular complexity index is 241. The fraction of sp³-hybridized carbons (Fsp3) is 0.933. The largest absolute Gasteiger partial charge is 0.356 e. The molecule has 3 heteroatoms. The van der Waals surface area contributed by atoms with Crippen LogP contribution in [0, 0.1) is 11.8 Å². The Morgan fingerprint density at radius 2 is 2.22 bits per heavy atom. The van der Waals surface area contributed by atoms with Gasteiger partial charge in [-0.3, -0.25) is 4.79 Å². The van der Waals surface area contributed by atoms with Crippen molar-refractivity contribution in [1.29, 1.82) is 0 Å². The van der Waals surface area contributed by atoms with E-state index < -0.39 is 0 Å². The van der Waals surface area contributed by atoms with Crippen LogP contribution in [-0.2, 0) is 4.79 Å². The molecule has 3 nitrogen and oxygen atoms in total. The highest BCUT2D eigenvalue weighted by molar-refractivity contribution is 5.75. The lowest BCUT2D eigenvalue weighted by Gasteiger charge is -2.26. The van der Waals surface area contributed by atoms with Crippen molar-refractivity contribution in [2.45, 2.75) is 71.3 Å². The van der Waals surface area contributed by atoms with Crippen LogP contribution in [0.4, 0.5) is 0 Å². The Balaban J connectivity index is 2.01. The molecule has 3 N–H and O–H groups in total. The summed E-state index contributed by atoms with van der Waals surface area (Å²) < 4.78 is 0. The lowest BCUT2D eigenvalue weighted by Crippen LogP contribution is -2.27. The Hall–Kier alpha value is -0.570. The van der Waals surface area contributed by atoms with Crippen LogP contribution in [0.2, 0.25) is 0 Å². The highest BCUT2D eigenvalue weighted by atomic mass is 16.1. The molecule has 1 aliphatic rings. The normalized spacial score (nSPS) is 25.7. The molecule has 1 rings (SSSR count). The molecule has 0 aromatic rings. The molecule has 3 atom stereocenters. The molecule has 0 spiro atoms. The maximum absolute atomic E-state index is 11.6. The van der Waals surface area contributed by atoms with Gasteiger partial charge in [-0.1, -0.05) is 26.2 Å². The SMILES string of the molecule is CC(N)CCCC(=O)NCCC1CCCC(C)C1. The summed E-state index contributed by atoms with van der Waals surface area (Å²) in [6, 6.07) is 0.210. The number of nitrogens with one attached hydrogen (secondary N) is 1. The Kier molecular flexibility index (Phi) is 7.33. The van der Waals surface area contributed by atoms with Gasteiger partial charge in [0.15, 0.2) is 0 Å². The van der Waals surface area contributed by atoms with Gasteiger partial charge in [0.25, 0.3) is 0 Å². The molecule has 0 aromatic carbocycles. The smallest absolute Gasteiger partial charge is 0.219 e. The van der Waals surface area contributed by atoms with Crippen LogP contribution in [0.3, 0.4) is 0 Å². The monoisotopic (exact) mass is 254 g/mol. The molecule has 1 aliphatic carbocycles. The van der Waals surface area contributed by atoms with Crippen molar-refractivity contribution in [2.24, 2.45) is 17.6 Å². The quantitative estimate of drug-likeness (QED) is 0.734. The fourth-order valence-corrected chi connectivity index (χ4v) is 2.91. The summed E-state index contributed by atoms with van der Waals surface area (Å²) in [4.78, 5) is 11.6. The molecule has 18 heavy (non-hydrogen) atoms. The van der Waals surface area contributed by atoms with Crippen molar-refractivity contribution in [3.63, 3.8) is 0 Å². The summed E-state index contributed by atoms with van der Waals surface area (Å²) in [6.07, 6.45) is 9.09. The summed E-state index contributed by atoms with van der Waals surface area (Å²) in [5, 5.41) is 3.04. The number of rotatable bonds is 7. The van der Waals surface area contributed by atoms with Gasteiger partial charge in [-0.2, -0.15) is 0 Å². The molecule has 0 aromatic heterocycles. The van der Waals surface area contributed by atoms with Gasteiger partial charge in [0.2, 0.25) is 5.91 Å². The minimum atomic E-state index is 0.194. The number of hydrogen-bond donors (Lipinski definition) is 2. The van der Waals surface area contributed by atoms with Crippen LogP contribution >= 0.6 is 0 Å². The highest BCUT2D eigenvalue weighted by Gasteiger charge is 2.18. The number of amides is 1. The topological polar surface area (TPSA) is 55.1 Å². The second kappa shape index (κ2) is 8.52. The van der Waals surface area contributed by atoms with Crippen molar-refractivity contribution >= 4 is 5.91 Å². The van der Waals surface area contributed by atoms with Gasteiger partial charge in [0, 0.05) is 19.0 Å². The van der Waals surface area contributed by atoms with E-state index in [0.717, 1.165) is 37.6 Å². The van der Waals surface area contributed by atoms with Gasteiger partial charge in [0.1, 0.15) is 0 Å².